The predicted octanol–water partition coefficient (Wildman–Crippen LogP) is 6.07. The first-order valence-corrected chi connectivity index (χ1v) is 8.39. The van der Waals surface area contributed by atoms with Crippen molar-refractivity contribution in [2.24, 2.45) is 0 Å². The van der Waals surface area contributed by atoms with Crippen LogP contribution in [0.3, 0.4) is 0 Å². The normalized spacial score (nSPS) is 15.9. The van der Waals surface area contributed by atoms with Crippen LogP contribution in [0.4, 0.5) is 25.2 Å². The molecule has 1 saturated carbocycles. The maximum atomic E-state index is 9.87. The molecule has 1 fully saturated rings. The summed E-state index contributed by atoms with van der Waals surface area (Å²) in [5.74, 6) is 1.34. The molecule has 1 aromatic carbocycles. The third-order valence-corrected chi connectivity index (χ3v) is 2.35. The SMILES string of the molecule is CO[C]1[CH][CH][C](c2ccccc2)C[CH]1.F[P-](F)(F)(F)(F)F.[C-]#[O+].[C-]#[O+].[C-]#[O+].[Fe+2]. The van der Waals surface area contributed by atoms with Gasteiger partial charge in [-0.25, -0.2) is 0 Å². The molecule has 1 aliphatic rings. The Morgan fingerprint density at radius 1 is 0.821 bits per heavy atom. The molecule has 0 bridgehead atoms. The Hall–Kier alpha value is -1.07. The number of hydrogen-bond donors (Lipinski definition) is 0. The minimum atomic E-state index is -10.7. The van der Waals surface area contributed by atoms with Gasteiger partial charge in [-0.15, -0.1) is 0 Å². The number of methoxy groups -OCH3 is 1. The van der Waals surface area contributed by atoms with Crippen molar-refractivity contribution in [2.75, 3.05) is 7.11 Å². The number of ether oxygens (including phenoxy) is 1. The molecule has 0 spiro atoms. The summed E-state index contributed by atoms with van der Waals surface area (Å²) >= 11 is 0. The van der Waals surface area contributed by atoms with Crippen LogP contribution >= 0.6 is 7.81 Å². The Labute approximate surface area is 169 Å². The molecule has 5 radical (unpaired) electrons. The summed E-state index contributed by atoms with van der Waals surface area (Å²) in [6.07, 6.45) is 8.12. The Bertz CT molecular complexity index is 541. The molecule has 2 rings (SSSR count). The van der Waals surface area contributed by atoms with Crippen molar-refractivity contribution < 1.29 is 60.9 Å². The number of rotatable bonds is 2. The van der Waals surface area contributed by atoms with E-state index in [9.17, 15) is 25.2 Å². The first kappa shape index (κ1) is 34.4. The van der Waals surface area contributed by atoms with Gasteiger partial charge in [0, 0.05) is 19.4 Å². The Balaban J connectivity index is -0.000000177. The molecular weight excluding hydrogens is 457 g/mol. The average molecular weight is 470 g/mol. The van der Waals surface area contributed by atoms with Gasteiger partial charge in [0.25, 0.3) is 0 Å². The smallest absolute Gasteiger partial charge is 2.00 e. The Kier molecular flexibility index (Phi) is 18.3. The molecule has 0 aliphatic heterocycles. The van der Waals surface area contributed by atoms with E-state index >= 15 is 0 Å². The summed E-state index contributed by atoms with van der Waals surface area (Å²) in [4.78, 5) is 0. The summed E-state index contributed by atoms with van der Waals surface area (Å²) < 4.78 is 86.8. The zero-order valence-electron chi connectivity index (χ0n) is 14.0. The third kappa shape index (κ3) is 27.2. The first-order valence-electron chi connectivity index (χ1n) is 6.36. The molecule has 0 heterocycles. The predicted molar refractivity (Wildman–Crippen MR) is 81.9 cm³/mol. The van der Waals surface area contributed by atoms with E-state index in [1.165, 1.54) is 11.5 Å². The van der Waals surface area contributed by atoms with E-state index in [1.54, 1.807) is 7.11 Å². The standard InChI is InChI=1S/C13H13O.3CO.F6P.Fe/c1-14-13-9-7-12(8-10-13)11-5-3-2-4-6-11;3*1-2;1-7(2,3,4,5)6;/h2-7,9-10H,8H2,1H3;;;;;/q;;;;-1;+2. The van der Waals surface area contributed by atoms with Gasteiger partial charge in [-0.05, 0) is 24.8 Å². The second kappa shape index (κ2) is 14.9. The fourth-order valence-electron chi connectivity index (χ4n) is 1.55. The van der Waals surface area contributed by atoms with Crippen LogP contribution in [0, 0.1) is 51.2 Å². The van der Waals surface area contributed by atoms with E-state index in [0.29, 0.717) is 0 Å². The molecule has 1 aliphatic carbocycles. The van der Waals surface area contributed by atoms with Gasteiger partial charge >= 0.3 is 84.0 Å². The topological polar surface area (TPSA) is 68.9 Å². The van der Waals surface area contributed by atoms with Crippen molar-refractivity contribution in [2.45, 2.75) is 6.42 Å². The van der Waals surface area contributed by atoms with Crippen molar-refractivity contribution >= 4 is 7.81 Å². The van der Waals surface area contributed by atoms with Crippen molar-refractivity contribution in [3.8, 4) is 0 Å². The summed E-state index contributed by atoms with van der Waals surface area (Å²) in [5.41, 5.74) is 1.29. The van der Waals surface area contributed by atoms with Crippen LogP contribution in [-0.2, 0) is 35.8 Å². The van der Waals surface area contributed by atoms with Gasteiger partial charge in [0.05, 0.1) is 0 Å². The van der Waals surface area contributed by atoms with Crippen molar-refractivity contribution in [3.05, 3.63) is 87.1 Å². The van der Waals surface area contributed by atoms with Crippen LogP contribution in [0.2, 0.25) is 0 Å². The first-order chi connectivity index (χ1) is 12.3. The summed E-state index contributed by atoms with van der Waals surface area (Å²) in [6, 6.07) is 10.4. The Morgan fingerprint density at radius 2 is 1.21 bits per heavy atom. The van der Waals surface area contributed by atoms with E-state index in [2.05, 4.69) is 57.1 Å². The molecular formula is C16H13F6FeO4P+. The molecule has 4 nitrogen and oxygen atoms in total. The molecule has 0 atom stereocenters. The zero-order valence-corrected chi connectivity index (χ0v) is 16.0. The van der Waals surface area contributed by atoms with Crippen LogP contribution in [0.5, 0.6) is 0 Å². The van der Waals surface area contributed by atoms with E-state index in [0.717, 1.165) is 12.5 Å². The summed E-state index contributed by atoms with van der Waals surface area (Å²) in [5, 5.41) is 0. The minimum Gasteiger partial charge on any atom is 2.00 e. The molecule has 0 amide bonds. The van der Waals surface area contributed by atoms with Crippen LogP contribution in [0.1, 0.15) is 12.0 Å². The zero-order chi connectivity index (χ0) is 22.2. The van der Waals surface area contributed by atoms with Gasteiger partial charge in [-0.2, -0.15) is 0 Å². The van der Waals surface area contributed by atoms with Crippen molar-refractivity contribution in [3.63, 3.8) is 0 Å². The molecule has 0 unspecified atom stereocenters. The van der Waals surface area contributed by atoms with Crippen molar-refractivity contribution in [1.29, 1.82) is 0 Å². The molecule has 0 N–H and O–H groups in total. The van der Waals surface area contributed by atoms with Gasteiger partial charge in [-0.1, -0.05) is 30.3 Å². The van der Waals surface area contributed by atoms with Gasteiger partial charge in [-0.3, -0.25) is 0 Å². The van der Waals surface area contributed by atoms with E-state index < -0.39 is 7.81 Å². The van der Waals surface area contributed by atoms with E-state index in [4.69, 9.17) is 18.7 Å². The second-order valence-electron chi connectivity index (χ2n) is 4.20. The number of hydrogen-bond acceptors (Lipinski definition) is 1. The molecule has 12 heteroatoms. The molecule has 0 saturated heterocycles. The van der Waals surface area contributed by atoms with E-state index in [-0.39, 0.29) is 17.1 Å². The maximum absolute atomic E-state index is 10.7. The van der Waals surface area contributed by atoms with Crippen LogP contribution in [0.15, 0.2) is 30.3 Å². The monoisotopic (exact) mass is 470 g/mol. The molecule has 0 aromatic heterocycles. The largest absolute Gasteiger partial charge is 2.00 e. The van der Waals surface area contributed by atoms with Gasteiger partial charge < -0.3 is 4.74 Å². The summed E-state index contributed by atoms with van der Waals surface area (Å²) in [7, 11) is -8.96. The van der Waals surface area contributed by atoms with Gasteiger partial charge in [0.15, 0.2) is 0 Å². The third-order valence-electron chi connectivity index (χ3n) is 2.35. The Morgan fingerprint density at radius 3 is 1.50 bits per heavy atom. The second-order valence-corrected chi connectivity index (χ2v) is 6.11. The average Bonchev–Trinajstić information content (AvgIpc) is 2.65. The summed E-state index contributed by atoms with van der Waals surface area (Å²) in [6.45, 7) is 13.5. The fraction of sp³-hybridized carbons (Fsp3) is 0.125. The molecule has 28 heavy (non-hydrogen) atoms. The van der Waals surface area contributed by atoms with Crippen LogP contribution in [0.25, 0.3) is 0 Å². The van der Waals surface area contributed by atoms with Crippen LogP contribution in [-0.4, -0.2) is 7.11 Å². The molecule has 155 valence electrons. The van der Waals surface area contributed by atoms with Gasteiger partial charge in [0.2, 0.25) is 0 Å². The minimum absolute atomic E-state index is 0. The van der Waals surface area contributed by atoms with Crippen LogP contribution < -0.4 is 0 Å². The van der Waals surface area contributed by atoms with Gasteiger partial charge in [0.1, 0.15) is 6.10 Å². The fourth-order valence-corrected chi connectivity index (χ4v) is 1.55. The van der Waals surface area contributed by atoms with E-state index in [1.807, 2.05) is 12.5 Å². The number of benzene rings is 1. The number of halogens is 6. The van der Waals surface area contributed by atoms with Crippen molar-refractivity contribution in [1.82, 2.24) is 0 Å². The molecule has 1 aromatic rings. The quantitative estimate of drug-likeness (QED) is 0.170. The maximum Gasteiger partial charge on any atom is 2.00 e.